The monoisotopic (exact) mass is 448 g/mol. The van der Waals surface area contributed by atoms with E-state index in [0.717, 1.165) is 13.1 Å². The number of likely N-dealkylation sites (tertiary alicyclic amines) is 1. The van der Waals surface area contributed by atoms with E-state index in [0.29, 0.717) is 46.9 Å². The minimum Gasteiger partial charge on any atom is -0.493 e. The van der Waals surface area contributed by atoms with Gasteiger partial charge in [-0.2, -0.15) is 5.26 Å². The SMILES string of the molecule is C[C@H]1CN(CC(O)c2cc(Cl)cc(C#N)c2)C[C@H]1COc1ccc(S(C)(=O)=O)cc1. The molecule has 6 nitrogen and oxygen atoms in total. The van der Waals surface area contributed by atoms with Gasteiger partial charge in [-0.15, -0.1) is 0 Å². The molecule has 1 fully saturated rings. The number of ether oxygens (including phenoxy) is 1. The highest BCUT2D eigenvalue weighted by atomic mass is 35.5. The third-order valence-electron chi connectivity index (χ3n) is 5.42. The first-order chi connectivity index (χ1) is 14.2. The summed E-state index contributed by atoms with van der Waals surface area (Å²) in [4.78, 5) is 2.45. The molecule has 0 aliphatic carbocycles. The molecule has 1 saturated heterocycles. The van der Waals surface area contributed by atoms with Crippen molar-refractivity contribution < 1.29 is 18.3 Å². The van der Waals surface area contributed by atoms with E-state index in [1.54, 1.807) is 42.5 Å². The molecule has 0 radical (unpaired) electrons. The molecule has 1 aliphatic heterocycles. The van der Waals surface area contributed by atoms with Gasteiger partial charge in [0, 0.05) is 36.8 Å². The summed E-state index contributed by atoms with van der Waals surface area (Å²) in [6, 6.07) is 13.4. The Labute approximate surface area is 182 Å². The molecular weight excluding hydrogens is 424 g/mol. The minimum atomic E-state index is -3.22. The van der Waals surface area contributed by atoms with E-state index >= 15 is 0 Å². The van der Waals surface area contributed by atoms with Crippen molar-refractivity contribution in [1.82, 2.24) is 4.90 Å². The fraction of sp³-hybridized carbons (Fsp3) is 0.409. The molecule has 8 heteroatoms. The van der Waals surface area contributed by atoms with Gasteiger partial charge in [0.25, 0.3) is 0 Å². The first-order valence-corrected chi connectivity index (χ1v) is 12.0. The van der Waals surface area contributed by atoms with E-state index in [9.17, 15) is 13.5 Å². The zero-order chi connectivity index (χ0) is 21.9. The van der Waals surface area contributed by atoms with Gasteiger partial charge in [0.05, 0.1) is 29.2 Å². The lowest BCUT2D eigenvalue weighted by Crippen LogP contribution is -2.27. The summed E-state index contributed by atoms with van der Waals surface area (Å²) in [5, 5.41) is 20.1. The van der Waals surface area contributed by atoms with Crippen molar-refractivity contribution >= 4 is 21.4 Å². The van der Waals surface area contributed by atoms with Crippen LogP contribution in [-0.4, -0.2) is 50.9 Å². The van der Waals surface area contributed by atoms with Gasteiger partial charge >= 0.3 is 0 Å². The van der Waals surface area contributed by atoms with Crippen LogP contribution in [0.5, 0.6) is 5.75 Å². The summed E-state index contributed by atoms with van der Waals surface area (Å²) in [6.07, 6.45) is 0.447. The summed E-state index contributed by atoms with van der Waals surface area (Å²) >= 11 is 6.04. The smallest absolute Gasteiger partial charge is 0.175 e. The molecule has 1 N–H and O–H groups in total. The molecular formula is C22H25ClN2O4S. The Morgan fingerprint density at radius 3 is 2.60 bits per heavy atom. The highest BCUT2D eigenvalue weighted by Gasteiger charge is 2.31. The lowest BCUT2D eigenvalue weighted by Gasteiger charge is -2.21. The molecule has 1 heterocycles. The van der Waals surface area contributed by atoms with Crippen molar-refractivity contribution in [1.29, 1.82) is 5.26 Å². The highest BCUT2D eigenvalue weighted by molar-refractivity contribution is 7.90. The van der Waals surface area contributed by atoms with Crippen LogP contribution < -0.4 is 4.74 Å². The standard InChI is InChI=1S/C22H25ClN2O4S/c1-15-11-25(13-22(26)17-7-16(10-24)8-19(23)9-17)12-18(15)14-29-20-3-5-21(6-4-20)30(2,27)28/h3-9,15,18,22,26H,11-14H2,1-2H3/t15-,18-,22?/m0/s1. The van der Waals surface area contributed by atoms with Crippen molar-refractivity contribution in [2.75, 3.05) is 32.5 Å². The maximum absolute atomic E-state index is 11.5. The van der Waals surface area contributed by atoms with Crippen LogP contribution in [0, 0.1) is 23.2 Å². The van der Waals surface area contributed by atoms with Crippen LogP contribution in [-0.2, 0) is 9.84 Å². The van der Waals surface area contributed by atoms with Crippen molar-refractivity contribution in [3.63, 3.8) is 0 Å². The second kappa shape index (κ2) is 9.36. The lowest BCUT2D eigenvalue weighted by atomic mass is 9.99. The molecule has 0 saturated carbocycles. The Morgan fingerprint density at radius 2 is 1.97 bits per heavy atom. The largest absolute Gasteiger partial charge is 0.493 e. The van der Waals surface area contributed by atoms with Crippen molar-refractivity contribution in [2.45, 2.75) is 17.9 Å². The number of rotatable bonds is 7. The van der Waals surface area contributed by atoms with E-state index in [2.05, 4.69) is 17.9 Å². The molecule has 2 aromatic rings. The van der Waals surface area contributed by atoms with Crippen molar-refractivity contribution in [3.8, 4) is 11.8 Å². The second-order valence-electron chi connectivity index (χ2n) is 7.91. The number of β-amino-alcohol motifs (C(OH)–C–C–N with tert-alkyl or cyclic N) is 1. The summed E-state index contributed by atoms with van der Waals surface area (Å²) in [5.41, 5.74) is 1.07. The quantitative estimate of drug-likeness (QED) is 0.698. The van der Waals surface area contributed by atoms with Crippen molar-refractivity contribution in [3.05, 3.63) is 58.6 Å². The van der Waals surface area contributed by atoms with Crippen LogP contribution in [0.2, 0.25) is 5.02 Å². The Balaban J connectivity index is 1.55. The number of nitrogens with zero attached hydrogens (tertiary/aromatic N) is 2. The summed E-state index contributed by atoms with van der Waals surface area (Å²) in [7, 11) is -3.22. The molecule has 0 spiro atoms. The highest BCUT2D eigenvalue weighted by Crippen LogP contribution is 2.28. The topological polar surface area (TPSA) is 90.6 Å². The Morgan fingerprint density at radius 1 is 1.27 bits per heavy atom. The van der Waals surface area contributed by atoms with E-state index in [-0.39, 0.29) is 4.90 Å². The van der Waals surface area contributed by atoms with Gasteiger partial charge in [0.15, 0.2) is 9.84 Å². The summed E-state index contributed by atoms with van der Waals surface area (Å²) in [5.74, 6) is 1.32. The van der Waals surface area contributed by atoms with Crippen LogP contribution in [0.25, 0.3) is 0 Å². The molecule has 30 heavy (non-hydrogen) atoms. The third-order valence-corrected chi connectivity index (χ3v) is 6.77. The predicted octanol–water partition coefficient (Wildman–Crippen LogP) is 3.30. The van der Waals surface area contributed by atoms with Crippen LogP contribution >= 0.6 is 11.6 Å². The van der Waals surface area contributed by atoms with Crippen LogP contribution in [0.3, 0.4) is 0 Å². The van der Waals surface area contributed by atoms with Crippen LogP contribution in [0.1, 0.15) is 24.2 Å². The van der Waals surface area contributed by atoms with E-state index in [1.165, 1.54) is 6.26 Å². The molecule has 1 aliphatic rings. The zero-order valence-corrected chi connectivity index (χ0v) is 18.5. The average Bonchev–Trinajstić information content (AvgIpc) is 3.04. The van der Waals surface area contributed by atoms with Gasteiger partial charge < -0.3 is 9.84 Å². The van der Waals surface area contributed by atoms with Crippen molar-refractivity contribution in [2.24, 2.45) is 11.8 Å². The number of aliphatic hydroxyl groups is 1. The molecule has 3 rings (SSSR count). The zero-order valence-electron chi connectivity index (χ0n) is 17.0. The number of hydrogen-bond acceptors (Lipinski definition) is 6. The molecule has 2 aromatic carbocycles. The molecule has 0 aromatic heterocycles. The predicted molar refractivity (Wildman–Crippen MR) is 115 cm³/mol. The van der Waals surface area contributed by atoms with Crippen LogP contribution in [0.15, 0.2) is 47.4 Å². The molecule has 0 amide bonds. The Bertz CT molecular complexity index is 1030. The summed E-state index contributed by atoms with van der Waals surface area (Å²) in [6.45, 7) is 4.74. The number of aliphatic hydroxyl groups excluding tert-OH is 1. The lowest BCUT2D eigenvalue weighted by molar-refractivity contribution is 0.121. The number of benzene rings is 2. The first-order valence-electron chi connectivity index (χ1n) is 9.69. The Kier molecular flexibility index (Phi) is 7.04. The van der Waals surface area contributed by atoms with E-state index in [1.807, 2.05) is 0 Å². The first kappa shape index (κ1) is 22.6. The fourth-order valence-electron chi connectivity index (χ4n) is 3.71. The van der Waals surface area contributed by atoms with Crippen LogP contribution in [0.4, 0.5) is 0 Å². The maximum Gasteiger partial charge on any atom is 0.175 e. The number of nitriles is 1. The molecule has 0 bridgehead atoms. The molecule has 3 atom stereocenters. The fourth-order valence-corrected chi connectivity index (χ4v) is 4.59. The molecule has 1 unspecified atom stereocenters. The third kappa shape index (κ3) is 5.73. The van der Waals surface area contributed by atoms with Gasteiger partial charge in [0.1, 0.15) is 5.75 Å². The Hall–Kier alpha value is -2.11. The molecule has 160 valence electrons. The summed E-state index contributed by atoms with van der Waals surface area (Å²) < 4.78 is 29.0. The van der Waals surface area contributed by atoms with E-state index in [4.69, 9.17) is 21.6 Å². The van der Waals surface area contributed by atoms with Gasteiger partial charge in [0.2, 0.25) is 0 Å². The van der Waals surface area contributed by atoms with Gasteiger partial charge in [-0.05, 0) is 53.9 Å². The minimum absolute atomic E-state index is 0.268. The number of hydrogen-bond donors (Lipinski definition) is 1. The van der Waals surface area contributed by atoms with Gasteiger partial charge in [-0.1, -0.05) is 18.5 Å². The number of halogens is 1. The average molecular weight is 449 g/mol. The normalized spacial score (nSPS) is 20.6. The number of sulfone groups is 1. The maximum atomic E-state index is 11.5. The van der Waals surface area contributed by atoms with E-state index < -0.39 is 15.9 Å². The van der Waals surface area contributed by atoms with Gasteiger partial charge in [-0.25, -0.2) is 8.42 Å². The van der Waals surface area contributed by atoms with Gasteiger partial charge in [-0.3, -0.25) is 4.90 Å². The second-order valence-corrected chi connectivity index (χ2v) is 10.4.